The summed E-state index contributed by atoms with van der Waals surface area (Å²) in [6.45, 7) is 1.63. The Balaban J connectivity index is 1.50. The molecular formula is C17H17N5O2. The zero-order valence-electron chi connectivity index (χ0n) is 13.1. The number of carbonyl (C=O) groups excluding carboxylic acids is 1. The molecule has 0 saturated carbocycles. The van der Waals surface area contributed by atoms with Gasteiger partial charge in [0.25, 0.3) is 5.91 Å². The summed E-state index contributed by atoms with van der Waals surface area (Å²) in [5.74, 6) is 0.737. The molecule has 122 valence electrons. The van der Waals surface area contributed by atoms with Gasteiger partial charge in [0.15, 0.2) is 0 Å². The molecule has 0 aromatic carbocycles. The third-order valence-corrected chi connectivity index (χ3v) is 4.23. The van der Waals surface area contributed by atoms with E-state index in [-0.39, 0.29) is 11.9 Å². The Hall–Kier alpha value is -2.96. The number of aromatic nitrogens is 3. The summed E-state index contributed by atoms with van der Waals surface area (Å²) < 4.78 is 5.45. The zero-order chi connectivity index (χ0) is 16.4. The third kappa shape index (κ3) is 2.80. The number of anilines is 1. The molecule has 0 bridgehead atoms. The first-order chi connectivity index (χ1) is 11.8. The third-order valence-electron chi connectivity index (χ3n) is 4.23. The molecule has 4 rings (SSSR count). The van der Waals surface area contributed by atoms with E-state index in [4.69, 9.17) is 4.42 Å². The van der Waals surface area contributed by atoms with E-state index in [1.807, 2.05) is 12.1 Å². The van der Waals surface area contributed by atoms with Crippen LogP contribution in [0.15, 0.2) is 47.6 Å². The first kappa shape index (κ1) is 14.6. The van der Waals surface area contributed by atoms with Crippen molar-refractivity contribution in [2.45, 2.75) is 18.9 Å². The van der Waals surface area contributed by atoms with Gasteiger partial charge in [-0.25, -0.2) is 15.0 Å². The molecule has 4 heterocycles. The molecular weight excluding hydrogens is 306 g/mol. The summed E-state index contributed by atoms with van der Waals surface area (Å²) in [5, 5.41) is 4.05. The molecule has 24 heavy (non-hydrogen) atoms. The number of hydrogen-bond donors (Lipinski definition) is 1. The summed E-state index contributed by atoms with van der Waals surface area (Å²) in [6, 6.07) is 5.46. The number of fused-ring (bicyclic) bond motifs is 1. The normalized spacial score (nSPS) is 17.8. The van der Waals surface area contributed by atoms with E-state index >= 15 is 0 Å². The summed E-state index contributed by atoms with van der Waals surface area (Å²) in [4.78, 5) is 26.8. The monoisotopic (exact) mass is 323 g/mol. The fourth-order valence-corrected chi connectivity index (χ4v) is 3.10. The molecule has 7 nitrogen and oxygen atoms in total. The van der Waals surface area contributed by atoms with Crippen molar-refractivity contribution in [1.29, 1.82) is 0 Å². The highest BCUT2D eigenvalue weighted by atomic mass is 16.3. The van der Waals surface area contributed by atoms with E-state index in [1.54, 1.807) is 24.7 Å². The van der Waals surface area contributed by atoms with Gasteiger partial charge in [0.05, 0.1) is 11.6 Å². The van der Waals surface area contributed by atoms with Gasteiger partial charge in [0.1, 0.15) is 23.4 Å². The maximum Gasteiger partial charge on any atom is 0.270 e. The van der Waals surface area contributed by atoms with Gasteiger partial charge in [0, 0.05) is 31.5 Å². The van der Waals surface area contributed by atoms with Crippen molar-refractivity contribution >= 4 is 22.7 Å². The number of furan rings is 1. The molecule has 0 spiro atoms. The van der Waals surface area contributed by atoms with Crippen LogP contribution in [-0.2, 0) is 0 Å². The molecule has 1 atom stereocenters. The predicted octanol–water partition coefficient (Wildman–Crippen LogP) is 2.02. The lowest BCUT2D eigenvalue weighted by Gasteiger charge is -2.34. The quantitative estimate of drug-likeness (QED) is 0.794. The molecule has 1 unspecified atom stereocenters. The van der Waals surface area contributed by atoms with Gasteiger partial charge in [0.2, 0.25) is 0 Å². The van der Waals surface area contributed by atoms with Crippen molar-refractivity contribution in [2.75, 3.05) is 18.0 Å². The first-order valence-electron chi connectivity index (χ1n) is 7.95. The van der Waals surface area contributed by atoms with Crippen LogP contribution in [0.5, 0.6) is 0 Å². The summed E-state index contributed by atoms with van der Waals surface area (Å²) in [5.41, 5.74) is 1.21. The van der Waals surface area contributed by atoms with Crippen molar-refractivity contribution in [3.8, 4) is 0 Å². The average molecular weight is 323 g/mol. The van der Waals surface area contributed by atoms with E-state index in [2.05, 4.69) is 25.2 Å². The minimum atomic E-state index is -0.168. The Labute approximate surface area is 138 Å². The molecule has 1 amide bonds. The Kier molecular flexibility index (Phi) is 3.82. The van der Waals surface area contributed by atoms with Gasteiger partial charge in [-0.3, -0.25) is 4.79 Å². The molecule has 1 saturated heterocycles. The smallest absolute Gasteiger partial charge is 0.270 e. The predicted molar refractivity (Wildman–Crippen MR) is 88.7 cm³/mol. The van der Waals surface area contributed by atoms with Crippen molar-refractivity contribution < 1.29 is 9.21 Å². The number of amides is 1. The molecule has 1 aliphatic rings. The highest BCUT2D eigenvalue weighted by Gasteiger charge is 2.24. The van der Waals surface area contributed by atoms with Gasteiger partial charge in [-0.05, 0) is 31.0 Å². The van der Waals surface area contributed by atoms with E-state index in [1.165, 1.54) is 6.33 Å². The fourth-order valence-electron chi connectivity index (χ4n) is 3.10. The minimum Gasteiger partial charge on any atom is -0.464 e. The van der Waals surface area contributed by atoms with Crippen LogP contribution in [0.2, 0.25) is 0 Å². The number of carbonyl (C=O) groups is 1. The molecule has 0 radical (unpaired) electrons. The second-order valence-corrected chi connectivity index (χ2v) is 5.82. The largest absolute Gasteiger partial charge is 0.464 e. The summed E-state index contributed by atoms with van der Waals surface area (Å²) in [6.07, 6.45) is 8.31. The standard InChI is InChI=1S/C17H17N5O2/c23-17(14-3-6-18-11-20-14)21-12-2-1-8-22(10-12)16-13-5-9-24-15(13)4-7-19-16/h3-7,9,11-12H,1-2,8,10H2,(H,21,23). The van der Waals surface area contributed by atoms with Crippen molar-refractivity contribution in [3.63, 3.8) is 0 Å². The number of piperidine rings is 1. The topological polar surface area (TPSA) is 84.2 Å². The number of nitrogens with zero attached hydrogens (tertiary/aromatic N) is 4. The van der Waals surface area contributed by atoms with E-state index in [9.17, 15) is 4.79 Å². The lowest BCUT2D eigenvalue weighted by Crippen LogP contribution is -2.48. The van der Waals surface area contributed by atoms with E-state index < -0.39 is 0 Å². The molecule has 0 aliphatic carbocycles. The van der Waals surface area contributed by atoms with Crippen molar-refractivity contribution in [1.82, 2.24) is 20.3 Å². The number of hydrogen-bond acceptors (Lipinski definition) is 6. The van der Waals surface area contributed by atoms with Gasteiger partial charge in [-0.2, -0.15) is 0 Å². The number of rotatable bonds is 3. The van der Waals surface area contributed by atoms with Crippen LogP contribution in [0, 0.1) is 0 Å². The molecule has 1 aliphatic heterocycles. The minimum absolute atomic E-state index is 0.0603. The molecule has 7 heteroatoms. The van der Waals surface area contributed by atoms with Gasteiger partial charge >= 0.3 is 0 Å². The zero-order valence-corrected chi connectivity index (χ0v) is 13.1. The molecule has 3 aromatic rings. The Morgan fingerprint density at radius 1 is 1.25 bits per heavy atom. The van der Waals surface area contributed by atoms with Gasteiger partial charge in [-0.15, -0.1) is 0 Å². The first-order valence-corrected chi connectivity index (χ1v) is 7.95. The van der Waals surface area contributed by atoms with E-state index in [0.717, 1.165) is 36.2 Å². The second kappa shape index (κ2) is 6.27. The highest BCUT2D eigenvalue weighted by molar-refractivity contribution is 5.92. The molecule has 1 fully saturated rings. The van der Waals surface area contributed by atoms with Crippen LogP contribution >= 0.6 is 0 Å². The lowest BCUT2D eigenvalue weighted by molar-refractivity contribution is 0.0928. The average Bonchev–Trinajstić information content (AvgIpc) is 3.11. The molecule has 3 aromatic heterocycles. The van der Waals surface area contributed by atoms with Crippen molar-refractivity contribution in [3.05, 3.63) is 48.9 Å². The van der Waals surface area contributed by atoms with Gasteiger partial charge < -0.3 is 14.6 Å². The second-order valence-electron chi connectivity index (χ2n) is 5.82. The van der Waals surface area contributed by atoms with Crippen LogP contribution in [-0.4, -0.2) is 40.0 Å². The Morgan fingerprint density at radius 2 is 2.21 bits per heavy atom. The molecule has 1 N–H and O–H groups in total. The lowest BCUT2D eigenvalue weighted by atomic mass is 10.0. The van der Waals surface area contributed by atoms with Crippen molar-refractivity contribution in [2.24, 2.45) is 0 Å². The highest BCUT2D eigenvalue weighted by Crippen LogP contribution is 2.27. The van der Waals surface area contributed by atoms with Gasteiger partial charge in [-0.1, -0.05) is 0 Å². The van der Waals surface area contributed by atoms with E-state index in [0.29, 0.717) is 12.2 Å². The SMILES string of the molecule is O=C(NC1CCCN(c2nccc3occc23)C1)c1ccncn1. The fraction of sp³-hybridized carbons (Fsp3) is 0.294. The van der Waals surface area contributed by atoms with Crippen LogP contribution in [0.4, 0.5) is 5.82 Å². The summed E-state index contributed by atoms with van der Waals surface area (Å²) in [7, 11) is 0. The van der Waals surface area contributed by atoms with Crippen LogP contribution in [0.3, 0.4) is 0 Å². The maximum atomic E-state index is 12.3. The number of nitrogens with one attached hydrogen (secondary N) is 1. The maximum absolute atomic E-state index is 12.3. The Morgan fingerprint density at radius 3 is 3.08 bits per heavy atom. The van der Waals surface area contributed by atoms with Crippen LogP contribution < -0.4 is 10.2 Å². The Bertz CT molecular complexity index is 848. The van der Waals surface area contributed by atoms with Crippen LogP contribution in [0.25, 0.3) is 11.0 Å². The van der Waals surface area contributed by atoms with Crippen LogP contribution in [0.1, 0.15) is 23.3 Å². The summed E-state index contributed by atoms with van der Waals surface area (Å²) >= 11 is 0. The number of pyridine rings is 1.